The van der Waals surface area contributed by atoms with Gasteiger partial charge in [0.25, 0.3) is 0 Å². The summed E-state index contributed by atoms with van der Waals surface area (Å²) < 4.78 is 31.9. The Hall–Kier alpha value is -1.15. The molecular formula is C18H33N2O11P. The average molecular weight is 484 g/mol. The molecule has 5 N–H and O–H groups in total. The highest BCUT2D eigenvalue weighted by Crippen LogP contribution is 2.44. The number of nitrogens with one attached hydrogen (secondary N) is 1. The third kappa shape index (κ3) is 7.72. The molecule has 2 saturated heterocycles. The summed E-state index contributed by atoms with van der Waals surface area (Å²) in [6.45, 7) is 1.50. The number of likely N-dealkylation sites (tertiary alicyclic amines) is 1. The van der Waals surface area contributed by atoms with Gasteiger partial charge in [0.15, 0.2) is 6.29 Å². The lowest BCUT2D eigenvalue weighted by atomic mass is 9.97. The van der Waals surface area contributed by atoms with E-state index in [9.17, 15) is 34.4 Å². The Bertz CT molecular complexity index is 681. The fourth-order valence-corrected chi connectivity index (χ4v) is 4.26. The average Bonchev–Trinajstić information content (AvgIpc) is 3.20. The Morgan fingerprint density at radius 3 is 2.59 bits per heavy atom. The van der Waals surface area contributed by atoms with Gasteiger partial charge in [-0.15, -0.1) is 0 Å². The summed E-state index contributed by atoms with van der Waals surface area (Å²) in [4.78, 5) is 34.7. The zero-order valence-corrected chi connectivity index (χ0v) is 19.1. The first-order valence-corrected chi connectivity index (χ1v) is 11.9. The van der Waals surface area contributed by atoms with E-state index in [0.717, 1.165) is 7.11 Å². The number of aliphatic hydroxyl groups is 3. The molecule has 0 spiro atoms. The molecule has 0 saturated carbocycles. The molecule has 2 heterocycles. The van der Waals surface area contributed by atoms with Crippen molar-refractivity contribution in [2.45, 2.75) is 69.4 Å². The van der Waals surface area contributed by atoms with Crippen molar-refractivity contribution in [1.82, 2.24) is 10.2 Å². The van der Waals surface area contributed by atoms with E-state index >= 15 is 0 Å². The van der Waals surface area contributed by atoms with Gasteiger partial charge in [-0.25, -0.2) is 4.57 Å². The van der Waals surface area contributed by atoms with Crippen molar-refractivity contribution in [3.8, 4) is 0 Å². The lowest BCUT2D eigenvalue weighted by molar-refractivity contribution is -0.270. The van der Waals surface area contributed by atoms with E-state index in [1.54, 1.807) is 4.90 Å². The Morgan fingerprint density at radius 2 is 1.97 bits per heavy atom. The van der Waals surface area contributed by atoms with Gasteiger partial charge >= 0.3 is 7.82 Å². The molecule has 2 rings (SSSR count). The molecule has 0 radical (unpaired) electrons. The minimum absolute atomic E-state index is 0.120. The van der Waals surface area contributed by atoms with Gasteiger partial charge in [-0.2, -0.15) is 0 Å². The molecular weight excluding hydrogens is 451 g/mol. The first-order valence-electron chi connectivity index (χ1n) is 10.4. The molecule has 4 unspecified atom stereocenters. The molecule has 0 aromatic carbocycles. The van der Waals surface area contributed by atoms with Gasteiger partial charge in [-0.05, 0) is 19.3 Å². The third-order valence-corrected chi connectivity index (χ3v) is 6.35. The van der Waals surface area contributed by atoms with Gasteiger partial charge in [0, 0.05) is 40.2 Å². The summed E-state index contributed by atoms with van der Waals surface area (Å²) in [5, 5.41) is 32.0. The van der Waals surface area contributed by atoms with E-state index in [4.69, 9.17) is 14.0 Å². The molecule has 7 atom stereocenters. The number of carbonyl (C=O) groups excluding carboxylic acids is 2. The number of amides is 2. The summed E-state index contributed by atoms with van der Waals surface area (Å²) >= 11 is 0. The van der Waals surface area contributed by atoms with Crippen LogP contribution >= 0.6 is 7.82 Å². The van der Waals surface area contributed by atoms with Gasteiger partial charge in [0.2, 0.25) is 11.8 Å². The number of unbranched alkanes of at least 4 members (excludes halogenated alkanes) is 1. The van der Waals surface area contributed by atoms with Gasteiger partial charge in [-0.3, -0.25) is 18.6 Å². The molecule has 14 heteroatoms. The highest BCUT2D eigenvalue weighted by atomic mass is 31.2. The fraction of sp³-hybridized carbons (Fsp3) is 0.889. The second-order valence-electron chi connectivity index (χ2n) is 7.77. The van der Waals surface area contributed by atoms with Crippen LogP contribution in [0, 0.1) is 0 Å². The number of phosphoric ester groups is 1. The van der Waals surface area contributed by atoms with Crippen molar-refractivity contribution in [1.29, 1.82) is 0 Å². The Balaban J connectivity index is 1.73. The second-order valence-corrected chi connectivity index (χ2v) is 9.28. The van der Waals surface area contributed by atoms with Crippen LogP contribution in [0.2, 0.25) is 0 Å². The van der Waals surface area contributed by atoms with E-state index in [0.29, 0.717) is 25.8 Å². The number of hydrogen-bond donors (Lipinski definition) is 5. The zero-order chi connectivity index (χ0) is 23.9. The van der Waals surface area contributed by atoms with Crippen LogP contribution in [-0.2, 0) is 32.7 Å². The number of nitrogens with zero attached hydrogens (tertiary/aromatic N) is 1. The number of hydrogen-bond acceptors (Lipinski definition) is 10. The van der Waals surface area contributed by atoms with Gasteiger partial charge in [0.05, 0.1) is 12.7 Å². The summed E-state index contributed by atoms with van der Waals surface area (Å²) in [6, 6.07) is -1.01. The zero-order valence-electron chi connectivity index (χ0n) is 18.2. The third-order valence-electron chi connectivity index (χ3n) is 5.33. The maximum atomic E-state index is 12.3. The van der Waals surface area contributed by atoms with Crippen molar-refractivity contribution in [3.05, 3.63) is 0 Å². The number of aliphatic hydroxyl groups excluding tert-OH is 3. The second kappa shape index (κ2) is 12.4. The maximum absolute atomic E-state index is 12.3. The monoisotopic (exact) mass is 484 g/mol. The summed E-state index contributed by atoms with van der Waals surface area (Å²) in [7, 11) is -3.02. The molecule has 13 nitrogen and oxygen atoms in total. The van der Waals surface area contributed by atoms with E-state index in [-0.39, 0.29) is 25.5 Å². The van der Waals surface area contributed by atoms with Crippen LogP contribution < -0.4 is 5.32 Å². The van der Waals surface area contributed by atoms with Crippen LogP contribution in [0.25, 0.3) is 0 Å². The first kappa shape index (κ1) is 27.1. The van der Waals surface area contributed by atoms with Gasteiger partial charge in [0.1, 0.15) is 24.4 Å². The van der Waals surface area contributed by atoms with E-state index in [1.807, 2.05) is 0 Å². The Labute approximate surface area is 186 Å². The van der Waals surface area contributed by atoms with Crippen LogP contribution in [0.3, 0.4) is 0 Å². The predicted octanol–water partition coefficient (Wildman–Crippen LogP) is -1.52. The standard InChI is InChI=1S/C18H33N2O11P/c1-11(22)19-15-17(25)16(24)13(10-21)30-18(15)29-8-4-3-5-14(23)20-7-6-12(9-20)31-32(26,27)28-2/h12-13,15-18,21,24-25H,3-10H2,1-2H3,(H,19,22)(H,26,27)/t12-,13?,15?,16+,17?,18-/m1/s1. The molecule has 0 aromatic heterocycles. The highest BCUT2D eigenvalue weighted by Gasteiger charge is 2.45. The molecule has 0 aliphatic carbocycles. The van der Waals surface area contributed by atoms with Crippen molar-refractivity contribution in [2.75, 3.05) is 33.4 Å². The Morgan fingerprint density at radius 1 is 1.25 bits per heavy atom. The van der Waals surface area contributed by atoms with Gasteiger partial charge < -0.3 is 39.9 Å². The topological polar surface area (TPSA) is 184 Å². The number of phosphoric acid groups is 1. The number of carbonyl (C=O) groups is 2. The fourth-order valence-electron chi connectivity index (χ4n) is 3.62. The number of ether oxygens (including phenoxy) is 2. The van der Waals surface area contributed by atoms with Crippen molar-refractivity contribution in [3.63, 3.8) is 0 Å². The molecule has 32 heavy (non-hydrogen) atoms. The molecule has 0 bridgehead atoms. The molecule has 2 aliphatic heterocycles. The molecule has 2 amide bonds. The lowest BCUT2D eigenvalue weighted by Crippen LogP contribution is -2.64. The SMILES string of the molecule is COP(=O)(O)O[C@@H]1CCN(C(=O)CCCCO[C@@H]2OC(CO)[C@H](O)C(O)C2NC(C)=O)C1. The van der Waals surface area contributed by atoms with Crippen LogP contribution in [0.15, 0.2) is 0 Å². The molecule has 2 fully saturated rings. The largest absolute Gasteiger partial charge is 0.472 e. The van der Waals surface area contributed by atoms with Crippen molar-refractivity contribution in [2.24, 2.45) is 0 Å². The Kier molecular flexibility index (Phi) is 10.5. The predicted molar refractivity (Wildman–Crippen MR) is 108 cm³/mol. The van der Waals surface area contributed by atoms with E-state index in [1.165, 1.54) is 6.92 Å². The number of rotatable bonds is 11. The quantitative estimate of drug-likeness (QED) is 0.169. The van der Waals surface area contributed by atoms with Crippen molar-refractivity contribution < 1.29 is 52.9 Å². The van der Waals surface area contributed by atoms with Crippen LogP contribution in [-0.4, -0.2) is 107 Å². The smallest absolute Gasteiger partial charge is 0.394 e. The molecule has 2 aliphatic rings. The molecule has 186 valence electrons. The van der Waals surface area contributed by atoms with Crippen LogP contribution in [0.5, 0.6) is 0 Å². The van der Waals surface area contributed by atoms with Crippen LogP contribution in [0.1, 0.15) is 32.6 Å². The van der Waals surface area contributed by atoms with E-state index < -0.39 is 57.1 Å². The maximum Gasteiger partial charge on any atom is 0.472 e. The van der Waals surface area contributed by atoms with Crippen molar-refractivity contribution >= 4 is 19.6 Å². The molecule has 0 aromatic rings. The summed E-state index contributed by atoms with van der Waals surface area (Å²) in [5.41, 5.74) is 0. The van der Waals surface area contributed by atoms with Gasteiger partial charge in [-0.1, -0.05) is 0 Å². The van der Waals surface area contributed by atoms with Crippen LogP contribution in [0.4, 0.5) is 0 Å². The minimum atomic E-state index is -4.09. The normalized spacial score (nSPS) is 32.5. The minimum Gasteiger partial charge on any atom is -0.394 e. The summed E-state index contributed by atoms with van der Waals surface area (Å²) in [5.74, 6) is -0.562. The summed E-state index contributed by atoms with van der Waals surface area (Å²) in [6.07, 6.45) is -3.82. The van der Waals surface area contributed by atoms with E-state index in [2.05, 4.69) is 9.84 Å². The lowest BCUT2D eigenvalue weighted by Gasteiger charge is -2.42. The highest BCUT2D eigenvalue weighted by molar-refractivity contribution is 7.47. The first-order chi connectivity index (χ1) is 15.1.